The first kappa shape index (κ1) is 15.3. The van der Waals surface area contributed by atoms with Gasteiger partial charge in [-0.3, -0.25) is 4.79 Å². The molecule has 0 aliphatic heterocycles. The van der Waals surface area contributed by atoms with Crippen LogP contribution in [0.25, 0.3) is 0 Å². The van der Waals surface area contributed by atoms with E-state index in [2.05, 4.69) is 26.5 Å². The molecular formula is C15H15BrN2O3. The summed E-state index contributed by atoms with van der Waals surface area (Å²) in [5.74, 6) is 0.936. The van der Waals surface area contributed by atoms with Gasteiger partial charge in [-0.05, 0) is 42.3 Å². The van der Waals surface area contributed by atoms with Gasteiger partial charge in [0.05, 0.1) is 12.5 Å². The van der Waals surface area contributed by atoms with Gasteiger partial charge in [0, 0.05) is 4.47 Å². The Balaban J connectivity index is 1.84. The first-order valence-electron chi connectivity index (χ1n) is 6.45. The standard InChI is InChI=1S/C15H15BrN2O3/c1-2-11-8-12(16)5-6-14(11)21-10-15(19)18-17-9-13-4-3-7-20-13/h3-9H,2,10H2,1H3,(H,18,19)/b17-9+. The van der Waals surface area contributed by atoms with E-state index in [1.165, 1.54) is 12.5 Å². The Morgan fingerprint density at radius 3 is 3.05 bits per heavy atom. The van der Waals surface area contributed by atoms with E-state index in [9.17, 15) is 4.79 Å². The van der Waals surface area contributed by atoms with Crippen molar-refractivity contribution in [1.82, 2.24) is 5.43 Å². The molecule has 0 atom stereocenters. The molecule has 0 spiro atoms. The Labute approximate surface area is 131 Å². The second-order valence-electron chi connectivity index (χ2n) is 4.20. The molecule has 1 heterocycles. The number of nitrogens with one attached hydrogen (secondary N) is 1. The van der Waals surface area contributed by atoms with Gasteiger partial charge in [0.1, 0.15) is 11.5 Å². The first-order valence-corrected chi connectivity index (χ1v) is 7.25. The van der Waals surface area contributed by atoms with E-state index in [1.54, 1.807) is 12.1 Å². The van der Waals surface area contributed by atoms with Crippen LogP contribution in [-0.2, 0) is 11.2 Å². The van der Waals surface area contributed by atoms with Crippen molar-refractivity contribution < 1.29 is 13.9 Å². The SMILES string of the molecule is CCc1cc(Br)ccc1OCC(=O)N/N=C/c1ccco1. The molecule has 0 saturated carbocycles. The van der Waals surface area contributed by atoms with Gasteiger partial charge in [-0.25, -0.2) is 5.43 Å². The van der Waals surface area contributed by atoms with Crippen LogP contribution in [0.4, 0.5) is 0 Å². The van der Waals surface area contributed by atoms with Crippen molar-refractivity contribution >= 4 is 28.1 Å². The van der Waals surface area contributed by atoms with Gasteiger partial charge in [0.2, 0.25) is 0 Å². The fourth-order valence-electron chi connectivity index (χ4n) is 1.67. The summed E-state index contributed by atoms with van der Waals surface area (Å²) < 4.78 is 11.5. The van der Waals surface area contributed by atoms with Crippen LogP contribution < -0.4 is 10.2 Å². The molecule has 0 aliphatic carbocycles. The Kier molecular flexibility index (Phi) is 5.57. The van der Waals surface area contributed by atoms with E-state index in [1.807, 2.05) is 25.1 Å². The van der Waals surface area contributed by atoms with Crippen molar-refractivity contribution in [3.63, 3.8) is 0 Å². The molecule has 21 heavy (non-hydrogen) atoms. The third-order valence-electron chi connectivity index (χ3n) is 2.69. The number of furan rings is 1. The number of carbonyl (C=O) groups is 1. The summed E-state index contributed by atoms with van der Waals surface area (Å²) in [5.41, 5.74) is 3.41. The second kappa shape index (κ2) is 7.64. The highest BCUT2D eigenvalue weighted by atomic mass is 79.9. The number of amides is 1. The topological polar surface area (TPSA) is 63.8 Å². The number of nitrogens with zero attached hydrogens (tertiary/aromatic N) is 1. The third kappa shape index (κ3) is 4.75. The van der Waals surface area contributed by atoms with Crippen LogP contribution in [0.1, 0.15) is 18.2 Å². The molecule has 0 fully saturated rings. The molecule has 2 rings (SSSR count). The zero-order valence-electron chi connectivity index (χ0n) is 11.5. The van der Waals surface area contributed by atoms with Gasteiger partial charge in [-0.1, -0.05) is 22.9 Å². The number of hydrazone groups is 1. The molecule has 0 bridgehead atoms. The number of ether oxygens (including phenoxy) is 1. The van der Waals surface area contributed by atoms with E-state index >= 15 is 0 Å². The average Bonchev–Trinajstić information content (AvgIpc) is 2.99. The van der Waals surface area contributed by atoms with Crippen molar-refractivity contribution in [2.75, 3.05) is 6.61 Å². The van der Waals surface area contributed by atoms with Gasteiger partial charge in [-0.2, -0.15) is 5.10 Å². The molecule has 0 unspecified atom stereocenters. The number of aryl methyl sites for hydroxylation is 1. The Morgan fingerprint density at radius 2 is 2.33 bits per heavy atom. The number of carbonyl (C=O) groups excluding carboxylic acids is 1. The molecule has 0 saturated heterocycles. The summed E-state index contributed by atoms with van der Waals surface area (Å²) in [6.45, 7) is 1.94. The number of halogens is 1. The summed E-state index contributed by atoms with van der Waals surface area (Å²) in [6.07, 6.45) is 3.79. The average molecular weight is 351 g/mol. The van der Waals surface area contributed by atoms with E-state index < -0.39 is 0 Å². The summed E-state index contributed by atoms with van der Waals surface area (Å²) >= 11 is 3.41. The Morgan fingerprint density at radius 1 is 1.48 bits per heavy atom. The highest BCUT2D eigenvalue weighted by molar-refractivity contribution is 9.10. The van der Waals surface area contributed by atoms with Crippen LogP contribution >= 0.6 is 15.9 Å². The number of benzene rings is 1. The summed E-state index contributed by atoms with van der Waals surface area (Å²) in [7, 11) is 0. The molecule has 0 radical (unpaired) electrons. The predicted octanol–water partition coefficient (Wildman–Crippen LogP) is 3.13. The number of hydrogen-bond acceptors (Lipinski definition) is 4. The van der Waals surface area contributed by atoms with Crippen LogP contribution in [0, 0.1) is 0 Å². The summed E-state index contributed by atoms with van der Waals surface area (Å²) in [5, 5.41) is 3.78. The predicted molar refractivity (Wildman–Crippen MR) is 83.5 cm³/mol. The highest BCUT2D eigenvalue weighted by Gasteiger charge is 2.06. The van der Waals surface area contributed by atoms with Crippen molar-refractivity contribution in [1.29, 1.82) is 0 Å². The van der Waals surface area contributed by atoms with Gasteiger partial charge in [0.15, 0.2) is 6.61 Å². The largest absolute Gasteiger partial charge is 0.483 e. The maximum Gasteiger partial charge on any atom is 0.277 e. The van der Waals surface area contributed by atoms with Crippen molar-refractivity contribution in [3.05, 3.63) is 52.4 Å². The maximum atomic E-state index is 11.6. The Bertz CT molecular complexity index is 624. The maximum absolute atomic E-state index is 11.6. The van der Waals surface area contributed by atoms with Crippen LogP contribution in [0.2, 0.25) is 0 Å². The molecule has 1 amide bonds. The molecule has 2 aromatic rings. The lowest BCUT2D eigenvalue weighted by Crippen LogP contribution is -2.24. The van der Waals surface area contributed by atoms with E-state index in [-0.39, 0.29) is 12.5 Å². The lowest BCUT2D eigenvalue weighted by molar-refractivity contribution is -0.123. The van der Waals surface area contributed by atoms with Crippen LogP contribution in [0.5, 0.6) is 5.75 Å². The minimum Gasteiger partial charge on any atom is -0.483 e. The minimum absolute atomic E-state index is 0.0931. The molecule has 6 heteroatoms. The number of hydrogen-bond donors (Lipinski definition) is 1. The molecule has 0 aliphatic rings. The highest BCUT2D eigenvalue weighted by Crippen LogP contribution is 2.23. The van der Waals surface area contributed by atoms with E-state index in [4.69, 9.17) is 9.15 Å². The van der Waals surface area contributed by atoms with Crippen LogP contribution in [-0.4, -0.2) is 18.7 Å². The smallest absolute Gasteiger partial charge is 0.277 e. The number of rotatable bonds is 6. The van der Waals surface area contributed by atoms with E-state index in [0.29, 0.717) is 11.5 Å². The lowest BCUT2D eigenvalue weighted by Gasteiger charge is -2.09. The monoisotopic (exact) mass is 350 g/mol. The van der Waals surface area contributed by atoms with Gasteiger partial charge in [-0.15, -0.1) is 0 Å². The Hall–Kier alpha value is -2.08. The zero-order valence-corrected chi connectivity index (χ0v) is 13.1. The quantitative estimate of drug-likeness (QED) is 0.642. The molecule has 1 N–H and O–H groups in total. The van der Waals surface area contributed by atoms with Crippen molar-refractivity contribution in [2.45, 2.75) is 13.3 Å². The third-order valence-corrected chi connectivity index (χ3v) is 3.18. The molecule has 110 valence electrons. The molecule has 1 aromatic heterocycles. The zero-order chi connectivity index (χ0) is 15.1. The van der Waals surface area contributed by atoms with Crippen LogP contribution in [0.3, 0.4) is 0 Å². The molecular weight excluding hydrogens is 336 g/mol. The van der Waals surface area contributed by atoms with Gasteiger partial charge >= 0.3 is 0 Å². The van der Waals surface area contributed by atoms with Gasteiger partial charge < -0.3 is 9.15 Å². The summed E-state index contributed by atoms with van der Waals surface area (Å²) in [6, 6.07) is 9.17. The van der Waals surface area contributed by atoms with Crippen LogP contribution in [0.15, 0.2) is 50.6 Å². The summed E-state index contributed by atoms with van der Waals surface area (Å²) in [4.78, 5) is 11.6. The molecule has 5 nitrogen and oxygen atoms in total. The lowest BCUT2D eigenvalue weighted by atomic mass is 10.1. The first-order chi connectivity index (χ1) is 10.2. The fourth-order valence-corrected chi connectivity index (χ4v) is 2.08. The fraction of sp³-hybridized carbons (Fsp3) is 0.200. The second-order valence-corrected chi connectivity index (χ2v) is 5.12. The van der Waals surface area contributed by atoms with E-state index in [0.717, 1.165) is 16.5 Å². The minimum atomic E-state index is -0.331. The molecule has 1 aromatic carbocycles. The van der Waals surface area contributed by atoms with Crippen molar-refractivity contribution in [3.8, 4) is 5.75 Å². The van der Waals surface area contributed by atoms with Crippen molar-refractivity contribution in [2.24, 2.45) is 5.10 Å². The normalized spacial score (nSPS) is 10.8. The van der Waals surface area contributed by atoms with Gasteiger partial charge in [0.25, 0.3) is 5.91 Å².